The molecule has 0 saturated carbocycles. The van der Waals surface area contributed by atoms with Crippen LogP contribution < -0.4 is 10.3 Å². The van der Waals surface area contributed by atoms with Crippen molar-refractivity contribution in [2.75, 3.05) is 19.6 Å². The summed E-state index contributed by atoms with van der Waals surface area (Å²) in [4.78, 5) is 44.8. The molecule has 1 unspecified atom stereocenters. The second-order valence-electron chi connectivity index (χ2n) is 8.98. The smallest absolute Gasteiger partial charge is 0.263 e. The van der Waals surface area contributed by atoms with Crippen molar-refractivity contribution >= 4 is 23.4 Å². The largest absolute Gasteiger partial charge is 0.479 e. The van der Waals surface area contributed by atoms with E-state index >= 15 is 0 Å². The molecular weight excluding hydrogens is 442 g/mol. The average molecular weight is 472 g/mol. The summed E-state index contributed by atoms with van der Waals surface area (Å²) in [7, 11) is 0. The minimum Gasteiger partial charge on any atom is -0.479 e. The molecule has 0 radical (unpaired) electrons. The number of halogens is 1. The standard InChI is InChI=1S/C25H30ClN3O4/c1-15-13-16(2)27-23(30)19(15)14-29-12-9-18-7-8-20(22(26)21(18)25(29)32)33-17(3)24(31)28-10-5-4-6-11-28/h7-8,13,17H,4-6,9-12,14H2,1-3H3,(H,27,30). The molecule has 176 valence electrons. The summed E-state index contributed by atoms with van der Waals surface area (Å²) < 4.78 is 5.93. The first kappa shape index (κ1) is 23.4. The van der Waals surface area contributed by atoms with Gasteiger partial charge in [0.2, 0.25) is 0 Å². The van der Waals surface area contributed by atoms with Gasteiger partial charge in [-0.1, -0.05) is 17.7 Å². The molecule has 0 spiro atoms. The summed E-state index contributed by atoms with van der Waals surface area (Å²) in [5, 5.41) is 0.218. The predicted octanol–water partition coefficient (Wildman–Crippen LogP) is 3.62. The number of pyridine rings is 1. The van der Waals surface area contributed by atoms with Gasteiger partial charge in [0.25, 0.3) is 17.4 Å². The number of hydrogen-bond acceptors (Lipinski definition) is 4. The summed E-state index contributed by atoms with van der Waals surface area (Å²) >= 11 is 6.64. The Kier molecular flexibility index (Phi) is 6.79. The van der Waals surface area contributed by atoms with E-state index in [1.165, 1.54) is 0 Å². The maximum atomic E-state index is 13.3. The van der Waals surface area contributed by atoms with Gasteiger partial charge in [0, 0.05) is 30.9 Å². The summed E-state index contributed by atoms with van der Waals surface area (Å²) in [5.74, 6) is 0.0273. The number of fused-ring (bicyclic) bond motifs is 1. The second kappa shape index (κ2) is 9.59. The number of ether oxygens (including phenoxy) is 1. The lowest BCUT2D eigenvalue weighted by Crippen LogP contribution is -2.43. The molecule has 2 aliphatic rings. The molecule has 3 heterocycles. The Morgan fingerprint density at radius 2 is 1.88 bits per heavy atom. The maximum absolute atomic E-state index is 13.3. The zero-order chi connectivity index (χ0) is 23.7. The molecule has 2 amide bonds. The number of piperidine rings is 1. The van der Waals surface area contributed by atoms with Crippen molar-refractivity contribution in [1.29, 1.82) is 0 Å². The van der Waals surface area contributed by atoms with E-state index in [1.807, 2.05) is 30.9 Å². The number of amides is 2. The van der Waals surface area contributed by atoms with Crippen molar-refractivity contribution in [3.8, 4) is 5.75 Å². The van der Waals surface area contributed by atoms with E-state index in [-0.39, 0.29) is 28.9 Å². The second-order valence-corrected chi connectivity index (χ2v) is 9.36. The predicted molar refractivity (Wildman–Crippen MR) is 127 cm³/mol. The molecule has 33 heavy (non-hydrogen) atoms. The highest BCUT2D eigenvalue weighted by Crippen LogP contribution is 2.35. The fourth-order valence-corrected chi connectivity index (χ4v) is 4.98. The number of hydrogen-bond donors (Lipinski definition) is 1. The number of H-pyrrole nitrogens is 1. The highest BCUT2D eigenvalue weighted by Gasteiger charge is 2.31. The Morgan fingerprint density at radius 3 is 2.58 bits per heavy atom. The van der Waals surface area contributed by atoms with E-state index in [0.717, 1.165) is 49.2 Å². The number of aromatic nitrogens is 1. The molecule has 2 aromatic rings. The van der Waals surface area contributed by atoms with Crippen molar-refractivity contribution < 1.29 is 14.3 Å². The maximum Gasteiger partial charge on any atom is 0.263 e. The Balaban J connectivity index is 1.54. The monoisotopic (exact) mass is 471 g/mol. The first-order valence-electron chi connectivity index (χ1n) is 11.5. The molecule has 8 heteroatoms. The average Bonchev–Trinajstić information content (AvgIpc) is 2.79. The van der Waals surface area contributed by atoms with E-state index in [9.17, 15) is 14.4 Å². The van der Waals surface area contributed by atoms with Crippen molar-refractivity contribution in [3.05, 3.63) is 61.5 Å². The Bertz CT molecular complexity index is 1140. The van der Waals surface area contributed by atoms with Gasteiger partial charge >= 0.3 is 0 Å². The van der Waals surface area contributed by atoms with Crippen molar-refractivity contribution in [2.45, 2.75) is 59.1 Å². The number of carbonyl (C=O) groups is 2. The van der Waals surface area contributed by atoms with Crippen LogP contribution in [-0.4, -0.2) is 52.3 Å². The zero-order valence-electron chi connectivity index (χ0n) is 19.4. The summed E-state index contributed by atoms with van der Waals surface area (Å²) in [6.07, 6.45) is 3.09. The molecule has 1 N–H and O–H groups in total. The fraction of sp³-hybridized carbons (Fsp3) is 0.480. The molecule has 0 aliphatic carbocycles. The van der Waals surface area contributed by atoms with Gasteiger partial charge in [0.1, 0.15) is 5.75 Å². The van der Waals surface area contributed by atoms with Crippen LogP contribution in [0.4, 0.5) is 0 Å². The summed E-state index contributed by atoms with van der Waals surface area (Å²) in [5.41, 5.74) is 3.26. The normalized spacial score (nSPS) is 17.0. The van der Waals surface area contributed by atoms with Crippen molar-refractivity contribution in [1.82, 2.24) is 14.8 Å². The number of benzene rings is 1. The highest BCUT2D eigenvalue weighted by atomic mass is 35.5. The number of nitrogens with zero attached hydrogens (tertiary/aromatic N) is 2. The number of likely N-dealkylation sites (tertiary alicyclic amines) is 1. The molecule has 0 bridgehead atoms. The third-order valence-corrected chi connectivity index (χ3v) is 6.88. The third-order valence-electron chi connectivity index (χ3n) is 6.51. The van der Waals surface area contributed by atoms with Crippen LogP contribution in [0.25, 0.3) is 0 Å². The Morgan fingerprint density at radius 1 is 1.15 bits per heavy atom. The van der Waals surface area contributed by atoms with Gasteiger partial charge in [-0.25, -0.2) is 0 Å². The molecule has 1 saturated heterocycles. The van der Waals surface area contributed by atoms with Crippen LogP contribution in [0.1, 0.15) is 58.9 Å². The lowest BCUT2D eigenvalue weighted by molar-refractivity contribution is -0.138. The van der Waals surface area contributed by atoms with Crippen LogP contribution >= 0.6 is 11.6 Å². The number of aromatic amines is 1. The molecule has 1 fully saturated rings. The minimum atomic E-state index is -0.692. The lowest BCUT2D eigenvalue weighted by atomic mass is 9.97. The van der Waals surface area contributed by atoms with Gasteiger partial charge in [0.15, 0.2) is 6.10 Å². The van der Waals surface area contributed by atoms with Gasteiger partial charge in [-0.15, -0.1) is 0 Å². The van der Waals surface area contributed by atoms with Gasteiger partial charge < -0.3 is 19.5 Å². The molecule has 4 rings (SSSR count). The van der Waals surface area contributed by atoms with Crippen LogP contribution in [0.15, 0.2) is 23.0 Å². The fourth-order valence-electron chi connectivity index (χ4n) is 4.67. The highest BCUT2D eigenvalue weighted by molar-refractivity contribution is 6.35. The van der Waals surface area contributed by atoms with Crippen molar-refractivity contribution in [3.63, 3.8) is 0 Å². The van der Waals surface area contributed by atoms with Crippen LogP contribution in [0.3, 0.4) is 0 Å². The van der Waals surface area contributed by atoms with E-state index in [1.54, 1.807) is 17.9 Å². The third kappa shape index (κ3) is 4.78. The van der Waals surface area contributed by atoms with E-state index in [0.29, 0.717) is 29.8 Å². The zero-order valence-corrected chi connectivity index (χ0v) is 20.1. The van der Waals surface area contributed by atoms with E-state index in [4.69, 9.17) is 16.3 Å². The van der Waals surface area contributed by atoms with Gasteiger partial charge in [-0.3, -0.25) is 14.4 Å². The van der Waals surface area contributed by atoms with Gasteiger partial charge in [0.05, 0.1) is 17.1 Å². The van der Waals surface area contributed by atoms with Crippen LogP contribution in [-0.2, 0) is 17.8 Å². The number of rotatable bonds is 5. The number of aryl methyl sites for hydroxylation is 2. The summed E-state index contributed by atoms with van der Waals surface area (Å²) in [6.45, 7) is 7.63. The van der Waals surface area contributed by atoms with E-state index in [2.05, 4.69) is 4.98 Å². The quantitative estimate of drug-likeness (QED) is 0.722. The Hall–Kier alpha value is -2.80. The topological polar surface area (TPSA) is 82.7 Å². The van der Waals surface area contributed by atoms with Gasteiger partial charge in [-0.05, 0) is 69.7 Å². The molecular formula is C25H30ClN3O4. The van der Waals surface area contributed by atoms with Crippen molar-refractivity contribution in [2.24, 2.45) is 0 Å². The first-order chi connectivity index (χ1) is 15.8. The number of nitrogens with one attached hydrogen (secondary N) is 1. The van der Waals surface area contributed by atoms with Crippen LogP contribution in [0.2, 0.25) is 5.02 Å². The summed E-state index contributed by atoms with van der Waals surface area (Å²) in [6, 6.07) is 5.48. The molecule has 1 aromatic heterocycles. The van der Waals surface area contributed by atoms with Crippen LogP contribution in [0, 0.1) is 13.8 Å². The Labute approximate surface area is 198 Å². The molecule has 7 nitrogen and oxygen atoms in total. The minimum absolute atomic E-state index is 0.0643. The van der Waals surface area contributed by atoms with Gasteiger partial charge in [-0.2, -0.15) is 0 Å². The molecule has 1 aromatic carbocycles. The first-order valence-corrected chi connectivity index (χ1v) is 11.9. The molecule has 1 atom stereocenters. The molecule has 2 aliphatic heterocycles. The SMILES string of the molecule is Cc1cc(C)c(CN2CCc3ccc(OC(C)C(=O)N4CCCCC4)c(Cl)c3C2=O)c(=O)[nH]1. The number of carbonyl (C=O) groups excluding carboxylic acids is 2. The lowest BCUT2D eigenvalue weighted by Gasteiger charge is -2.31. The van der Waals surface area contributed by atoms with E-state index < -0.39 is 6.10 Å². The van der Waals surface area contributed by atoms with Crippen LogP contribution in [0.5, 0.6) is 5.75 Å².